The Labute approximate surface area is 161 Å². The van der Waals surface area contributed by atoms with Crippen LogP contribution < -0.4 is 0 Å². The molecule has 1 aliphatic heterocycles. The molecular formula is C21H30N2O4. The van der Waals surface area contributed by atoms with Gasteiger partial charge < -0.3 is 14.9 Å². The third kappa shape index (κ3) is 6.38. The molecule has 0 aliphatic carbocycles. The van der Waals surface area contributed by atoms with E-state index in [1.165, 1.54) is 10.5 Å². The molecule has 1 aromatic rings. The number of amides is 2. The van der Waals surface area contributed by atoms with Gasteiger partial charge in [0.1, 0.15) is 0 Å². The van der Waals surface area contributed by atoms with Crippen LogP contribution in [0, 0.1) is 11.8 Å². The van der Waals surface area contributed by atoms with Crippen LogP contribution in [0.15, 0.2) is 30.3 Å². The predicted octanol–water partition coefficient (Wildman–Crippen LogP) is 2.43. The number of carbonyl (C=O) groups excluding carboxylic acids is 2. The predicted molar refractivity (Wildman–Crippen MR) is 103 cm³/mol. The summed E-state index contributed by atoms with van der Waals surface area (Å²) < 4.78 is 0. The first-order valence-electron chi connectivity index (χ1n) is 9.68. The third-order valence-electron chi connectivity index (χ3n) is 5.24. The third-order valence-corrected chi connectivity index (χ3v) is 5.24. The van der Waals surface area contributed by atoms with E-state index in [1.807, 2.05) is 25.1 Å². The lowest BCUT2D eigenvalue weighted by Crippen LogP contribution is -2.47. The normalized spacial score (nSPS) is 18.0. The summed E-state index contributed by atoms with van der Waals surface area (Å²) in [6.45, 7) is 2.71. The quantitative estimate of drug-likeness (QED) is 0.758. The SMILES string of the molecule is CC(CCCc1ccccc1)C(=O)N(C)CC(=O)N1CCCC(C(=O)O)C1. The van der Waals surface area contributed by atoms with Crippen molar-refractivity contribution in [3.8, 4) is 0 Å². The Morgan fingerprint density at radius 2 is 1.96 bits per heavy atom. The van der Waals surface area contributed by atoms with Crippen LogP contribution in [0.5, 0.6) is 0 Å². The van der Waals surface area contributed by atoms with E-state index in [0.717, 1.165) is 19.3 Å². The van der Waals surface area contributed by atoms with E-state index < -0.39 is 11.9 Å². The van der Waals surface area contributed by atoms with Crippen molar-refractivity contribution in [2.45, 2.75) is 39.0 Å². The van der Waals surface area contributed by atoms with Crippen LogP contribution in [0.4, 0.5) is 0 Å². The molecule has 6 nitrogen and oxygen atoms in total. The Balaban J connectivity index is 1.76. The standard InChI is InChI=1S/C21H30N2O4/c1-16(8-6-11-17-9-4-3-5-10-17)20(25)22(2)15-19(24)23-13-7-12-18(14-23)21(26)27/h3-5,9-10,16,18H,6-8,11-15H2,1-2H3,(H,26,27). The Morgan fingerprint density at radius 1 is 1.26 bits per heavy atom. The fraction of sp³-hybridized carbons (Fsp3) is 0.571. The number of benzene rings is 1. The summed E-state index contributed by atoms with van der Waals surface area (Å²) in [5, 5.41) is 9.14. The highest BCUT2D eigenvalue weighted by Gasteiger charge is 2.29. The molecule has 1 aromatic carbocycles. The van der Waals surface area contributed by atoms with E-state index in [2.05, 4.69) is 12.1 Å². The van der Waals surface area contributed by atoms with Gasteiger partial charge in [-0.25, -0.2) is 0 Å². The summed E-state index contributed by atoms with van der Waals surface area (Å²) in [5.41, 5.74) is 1.26. The van der Waals surface area contributed by atoms with Crippen molar-refractivity contribution >= 4 is 17.8 Å². The first kappa shape index (κ1) is 20.9. The molecule has 27 heavy (non-hydrogen) atoms. The molecule has 1 saturated heterocycles. The summed E-state index contributed by atoms with van der Waals surface area (Å²) in [5.74, 6) is -1.71. The molecule has 2 unspecified atom stereocenters. The van der Waals surface area contributed by atoms with Gasteiger partial charge in [-0.1, -0.05) is 37.3 Å². The number of aryl methyl sites for hydroxylation is 1. The second-order valence-corrected chi connectivity index (χ2v) is 7.49. The number of nitrogens with zero attached hydrogens (tertiary/aromatic N) is 2. The molecule has 2 rings (SSSR count). The highest BCUT2D eigenvalue weighted by molar-refractivity contribution is 5.86. The molecule has 1 N–H and O–H groups in total. The van der Waals surface area contributed by atoms with Gasteiger partial charge in [0.2, 0.25) is 11.8 Å². The maximum atomic E-state index is 12.5. The molecule has 1 fully saturated rings. The van der Waals surface area contributed by atoms with Gasteiger partial charge in [-0.05, 0) is 37.7 Å². The molecular weight excluding hydrogens is 344 g/mol. The summed E-state index contributed by atoms with van der Waals surface area (Å²) in [6, 6.07) is 10.2. The van der Waals surface area contributed by atoms with Gasteiger partial charge in [-0.2, -0.15) is 0 Å². The Kier molecular flexibility index (Phi) is 7.82. The molecule has 0 saturated carbocycles. The van der Waals surface area contributed by atoms with Gasteiger partial charge >= 0.3 is 5.97 Å². The van der Waals surface area contributed by atoms with Crippen LogP contribution in [0.25, 0.3) is 0 Å². The van der Waals surface area contributed by atoms with Gasteiger partial charge in [-0.15, -0.1) is 0 Å². The van der Waals surface area contributed by atoms with Crippen LogP contribution in [-0.2, 0) is 20.8 Å². The van der Waals surface area contributed by atoms with E-state index in [-0.39, 0.29) is 30.8 Å². The molecule has 1 heterocycles. The highest BCUT2D eigenvalue weighted by Crippen LogP contribution is 2.17. The van der Waals surface area contributed by atoms with Crippen LogP contribution in [-0.4, -0.2) is 59.4 Å². The number of piperidine rings is 1. The average Bonchev–Trinajstić information content (AvgIpc) is 2.68. The zero-order valence-corrected chi connectivity index (χ0v) is 16.3. The largest absolute Gasteiger partial charge is 0.481 e. The zero-order chi connectivity index (χ0) is 19.8. The minimum atomic E-state index is -0.857. The van der Waals surface area contributed by atoms with Gasteiger partial charge in [0.05, 0.1) is 12.5 Å². The minimum Gasteiger partial charge on any atom is -0.481 e. The molecule has 2 atom stereocenters. The molecule has 148 valence electrons. The Morgan fingerprint density at radius 3 is 2.63 bits per heavy atom. The summed E-state index contributed by atoms with van der Waals surface area (Å²) in [4.78, 5) is 39.2. The number of aliphatic carboxylic acids is 1. The van der Waals surface area contributed by atoms with Gasteiger partial charge in [-0.3, -0.25) is 14.4 Å². The van der Waals surface area contributed by atoms with Crippen LogP contribution in [0.3, 0.4) is 0 Å². The van der Waals surface area contributed by atoms with Crippen molar-refractivity contribution in [1.82, 2.24) is 9.80 Å². The number of carboxylic acids is 1. The van der Waals surface area contributed by atoms with Crippen molar-refractivity contribution in [3.05, 3.63) is 35.9 Å². The lowest BCUT2D eigenvalue weighted by molar-refractivity contribution is -0.147. The molecule has 0 spiro atoms. The monoisotopic (exact) mass is 374 g/mol. The lowest BCUT2D eigenvalue weighted by Gasteiger charge is -2.32. The van der Waals surface area contributed by atoms with Crippen LogP contribution >= 0.6 is 0 Å². The molecule has 0 aromatic heterocycles. The number of rotatable bonds is 8. The first-order valence-corrected chi connectivity index (χ1v) is 9.68. The Hall–Kier alpha value is -2.37. The summed E-state index contributed by atoms with van der Waals surface area (Å²) in [6.07, 6.45) is 3.93. The van der Waals surface area contributed by atoms with Crippen LogP contribution in [0.1, 0.15) is 38.2 Å². The minimum absolute atomic E-state index is 0.00813. The topological polar surface area (TPSA) is 77.9 Å². The smallest absolute Gasteiger partial charge is 0.308 e. The highest BCUT2D eigenvalue weighted by atomic mass is 16.4. The second kappa shape index (κ2) is 10.1. The maximum absolute atomic E-state index is 12.5. The molecule has 2 amide bonds. The number of likely N-dealkylation sites (tertiary alicyclic amines) is 1. The summed E-state index contributed by atoms with van der Waals surface area (Å²) in [7, 11) is 1.65. The fourth-order valence-electron chi connectivity index (χ4n) is 3.54. The number of hydrogen-bond acceptors (Lipinski definition) is 3. The van der Waals surface area contributed by atoms with Crippen molar-refractivity contribution in [1.29, 1.82) is 0 Å². The summed E-state index contributed by atoms with van der Waals surface area (Å²) >= 11 is 0. The van der Waals surface area contributed by atoms with Crippen LogP contribution in [0.2, 0.25) is 0 Å². The maximum Gasteiger partial charge on any atom is 0.308 e. The number of carboxylic acid groups (broad SMARTS) is 1. The fourth-order valence-corrected chi connectivity index (χ4v) is 3.54. The molecule has 1 aliphatic rings. The van der Waals surface area contributed by atoms with E-state index in [9.17, 15) is 14.4 Å². The number of likely N-dealkylation sites (N-methyl/N-ethyl adjacent to an activating group) is 1. The Bertz CT molecular complexity index is 647. The van der Waals surface area contributed by atoms with E-state index in [1.54, 1.807) is 11.9 Å². The lowest BCUT2D eigenvalue weighted by atomic mass is 9.98. The molecule has 0 radical (unpaired) electrons. The van der Waals surface area contributed by atoms with Crippen molar-refractivity contribution in [2.75, 3.05) is 26.7 Å². The van der Waals surface area contributed by atoms with Crippen molar-refractivity contribution in [2.24, 2.45) is 11.8 Å². The van der Waals surface area contributed by atoms with E-state index in [4.69, 9.17) is 5.11 Å². The number of hydrogen-bond donors (Lipinski definition) is 1. The second-order valence-electron chi connectivity index (χ2n) is 7.49. The molecule has 0 bridgehead atoms. The average molecular weight is 374 g/mol. The molecule has 6 heteroatoms. The van der Waals surface area contributed by atoms with Gasteiger partial charge in [0.15, 0.2) is 0 Å². The van der Waals surface area contributed by atoms with Gasteiger partial charge in [0.25, 0.3) is 0 Å². The van der Waals surface area contributed by atoms with Crippen molar-refractivity contribution in [3.63, 3.8) is 0 Å². The van der Waals surface area contributed by atoms with E-state index in [0.29, 0.717) is 19.4 Å². The van der Waals surface area contributed by atoms with Gasteiger partial charge in [0, 0.05) is 26.1 Å². The first-order chi connectivity index (χ1) is 12.9. The zero-order valence-electron chi connectivity index (χ0n) is 16.3. The number of carbonyl (C=O) groups is 3. The van der Waals surface area contributed by atoms with Crippen molar-refractivity contribution < 1.29 is 19.5 Å². The van der Waals surface area contributed by atoms with E-state index >= 15 is 0 Å².